The van der Waals surface area contributed by atoms with E-state index in [0.29, 0.717) is 11.8 Å². The van der Waals surface area contributed by atoms with Crippen molar-refractivity contribution in [2.45, 2.75) is 33.6 Å². The Morgan fingerprint density at radius 2 is 1.93 bits per heavy atom. The molecular weight excluding hydrogens is 172 g/mol. The van der Waals surface area contributed by atoms with Gasteiger partial charge in [-0.3, -0.25) is 0 Å². The summed E-state index contributed by atoms with van der Waals surface area (Å²) in [6.45, 7) is 9.42. The predicted octanol–water partition coefficient (Wildman–Crippen LogP) is 3.64. The van der Waals surface area contributed by atoms with Gasteiger partial charge in [0.2, 0.25) is 0 Å². The normalized spacial score (nSPS) is 11.0. The van der Waals surface area contributed by atoms with E-state index in [0.717, 1.165) is 12.4 Å². The van der Waals surface area contributed by atoms with Gasteiger partial charge in [0.15, 0.2) is 0 Å². The molecule has 0 saturated heterocycles. The summed E-state index contributed by atoms with van der Waals surface area (Å²) in [5.74, 6) is 2.04. The highest BCUT2D eigenvalue weighted by atomic mass is 16.5. The molecule has 14 heavy (non-hydrogen) atoms. The van der Waals surface area contributed by atoms with E-state index in [1.54, 1.807) is 0 Å². The monoisotopic (exact) mass is 191 g/mol. The molecule has 0 aromatic heterocycles. The van der Waals surface area contributed by atoms with Gasteiger partial charge in [-0.25, -0.2) is 0 Å². The molecule has 0 aliphatic rings. The van der Waals surface area contributed by atoms with Crippen molar-refractivity contribution in [1.82, 2.24) is 0 Å². The van der Waals surface area contributed by atoms with Gasteiger partial charge >= 0.3 is 0 Å². The first-order valence-corrected chi connectivity index (χ1v) is 5.23. The van der Waals surface area contributed by atoms with Crippen molar-refractivity contribution in [3.63, 3.8) is 0 Å². The zero-order valence-corrected chi connectivity index (χ0v) is 9.50. The van der Waals surface area contributed by atoms with Crippen LogP contribution < -0.4 is 4.74 Å². The van der Waals surface area contributed by atoms with Crippen molar-refractivity contribution in [3.8, 4) is 5.75 Å². The van der Waals surface area contributed by atoms with E-state index in [1.807, 2.05) is 12.1 Å². The quantitative estimate of drug-likeness (QED) is 0.706. The molecule has 1 radical (unpaired) electrons. The average molecular weight is 191 g/mol. The molecule has 1 nitrogen and oxygen atoms in total. The maximum atomic E-state index is 5.63. The largest absolute Gasteiger partial charge is 0.493 e. The van der Waals surface area contributed by atoms with E-state index < -0.39 is 0 Å². The van der Waals surface area contributed by atoms with E-state index in [1.165, 1.54) is 5.56 Å². The highest BCUT2D eigenvalue weighted by molar-refractivity contribution is 5.29. The molecule has 0 amide bonds. The van der Waals surface area contributed by atoms with Crippen LogP contribution in [0.1, 0.15) is 39.2 Å². The molecule has 0 aliphatic heterocycles. The Balaban J connectivity index is 2.64. The maximum Gasteiger partial charge on any atom is 0.120 e. The van der Waals surface area contributed by atoms with Gasteiger partial charge in [0.1, 0.15) is 5.75 Å². The Morgan fingerprint density at radius 3 is 2.50 bits per heavy atom. The van der Waals surface area contributed by atoms with Crippen molar-refractivity contribution in [1.29, 1.82) is 0 Å². The molecule has 1 aromatic carbocycles. The van der Waals surface area contributed by atoms with E-state index >= 15 is 0 Å². The third kappa shape index (κ3) is 3.41. The third-order valence-electron chi connectivity index (χ3n) is 2.03. The van der Waals surface area contributed by atoms with E-state index in [-0.39, 0.29) is 0 Å². The highest BCUT2D eigenvalue weighted by Gasteiger charge is 2.01. The first kappa shape index (κ1) is 11.1. The van der Waals surface area contributed by atoms with Crippen molar-refractivity contribution < 1.29 is 4.74 Å². The summed E-state index contributed by atoms with van der Waals surface area (Å²) in [6, 6.07) is 9.13. The van der Waals surface area contributed by atoms with Gasteiger partial charge in [-0.05, 0) is 35.6 Å². The Morgan fingerprint density at radius 1 is 1.21 bits per heavy atom. The van der Waals surface area contributed by atoms with Crippen LogP contribution in [0.15, 0.2) is 18.2 Å². The fraction of sp³-hybridized carbons (Fsp3) is 0.538. The van der Waals surface area contributed by atoms with E-state index in [4.69, 9.17) is 4.74 Å². The second kappa shape index (κ2) is 5.04. The number of benzene rings is 1. The first-order valence-electron chi connectivity index (χ1n) is 5.23. The molecule has 1 aromatic rings. The van der Waals surface area contributed by atoms with Crippen molar-refractivity contribution in [2.75, 3.05) is 6.61 Å². The summed E-state index contributed by atoms with van der Waals surface area (Å²) in [6.07, 6.45) is 0. The lowest BCUT2D eigenvalue weighted by molar-refractivity contribution is 0.270. The van der Waals surface area contributed by atoms with Gasteiger partial charge in [-0.2, -0.15) is 0 Å². The van der Waals surface area contributed by atoms with Crippen LogP contribution in [0.3, 0.4) is 0 Å². The highest BCUT2D eigenvalue weighted by Crippen LogP contribution is 2.20. The van der Waals surface area contributed by atoms with Crippen LogP contribution in [0.5, 0.6) is 5.75 Å². The molecule has 0 heterocycles. The number of hydrogen-bond donors (Lipinski definition) is 0. The molecule has 0 bridgehead atoms. The zero-order valence-electron chi connectivity index (χ0n) is 9.50. The summed E-state index contributed by atoms with van der Waals surface area (Å²) < 4.78 is 5.63. The molecule has 0 atom stereocenters. The van der Waals surface area contributed by atoms with Gasteiger partial charge in [-0.1, -0.05) is 33.8 Å². The molecule has 0 unspecified atom stereocenters. The van der Waals surface area contributed by atoms with Gasteiger partial charge in [0, 0.05) is 0 Å². The second-order valence-electron chi connectivity index (χ2n) is 4.36. The van der Waals surface area contributed by atoms with E-state index in [9.17, 15) is 0 Å². The third-order valence-corrected chi connectivity index (χ3v) is 2.03. The predicted molar refractivity (Wildman–Crippen MR) is 59.7 cm³/mol. The summed E-state index contributed by atoms with van der Waals surface area (Å²) in [5, 5.41) is 0. The molecule has 77 valence electrons. The smallest absolute Gasteiger partial charge is 0.120 e. The first-order chi connectivity index (χ1) is 6.59. The van der Waals surface area contributed by atoms with Crippen LogP contribution in [0, 0.1) is 12.0 Å². The fourth-order valence-corrected chi connectivity index (χ4v) is 1.15. The topological polar surface area (TPSA) is 9.23 Å². The summed E-state index contributed by atoms with van der Waals surface area (Å²) in [7, 11) is 0. The average Bonchev–Trinajstić information content (AvgIpc) is 2.15. The molecule has 0 fully saturated rings. The Kier molecular flexibility index (Phi) is 3.99. The van der Waals surface area contributed by atoms with Crippen LogP contribution in [0.2, 0.25) is 0 Å². The van der Waals surface area contributed by atoms with Crippen molar-refractivity contribution >= 4 is 0 Å². The minimum atomic E-state index is 0.536. The van der Waals surface area contributed by atoms with Crippen LogP contribution in [0.25, 0.3) is 0 Å². The number of hydrogen-bond acceptors (Lipinski definition) is 1. The van der Waals surface area contributed by atoms with Crippen LogP contribution in [-0.2, 0) is 0 Å². The van der Waals surface area contributed by atoms with Gasteiger partial charge < -0.3 is 4.74 Å². The zero-order chi connectivity index (χ0) is 10.6. The lowest BCUT2D eigenvalue weighted by Crippen LogP contribution is -2.04. The molecule has 1 heteroatoms. The minimum absolute atomic E-state index is 0.536. The Bertz CT molecular complexity index is 276. The Labute approximate surface area is 87.1 Å². The lowest BCUT2D eigenvalue weighted by atomic mass is 10.0. The number of rotatable bonds is 4. The lowest BCUT2D eigenvalue weighted by Gasteiger charge is -2.11. The summed E-state index contributed by atoms with van der Waals surface area (Å²) >= 11 is 0. The number of ether oxygens (including phenoxy) is 1. The van der Waals surface area contributed by atoms with Gasteiger partial charge in [0.25, 0.3) is 0 Å². The summed E-state index contributed by atoms with van der Waals surface area (Å²) in [4.78, 5) is 0. The van der Waals surface area contributed by atoms with Crippen LogP contribution >= 0.6 is 0 Å². The van der Waals surface area contributed by atoms with Crippen molar-refractivity contribution in [2.24, 2.45) is 5.92 Å². The molecule has 0 spiro atoms. The Hall–Kier alpha value is -0.980. The molecule has 0 N–H and O–H groups in total. The standard InChI is InChI=1S/C13H19O/c1-10(2)9-14-13-7-5-6-12(8-13)11(3)4/h6-8,10-11H,9H2,1-4H3. The van der Waals surface area contributed by atoms with Crippen LogP contribution in [0.4, 0.5) is 0 Å². The molecule has 1 rings (SSSR count). The SMILES string of the molecule is CC(C)COc1c[c]cc(C(C)C)c1. The maximum absolute atomic E-state index is 5.63. The van der Waals surface area contributed by atoms with Crippen LogP contribution in [-0.4, -0.2) is 6.61 Å². The van der Waals surface area contributed by atoms with Crippen molar-refractivity contribution in [3.05, 3.63) is 29.8 Å². The van der Waals surface area contributed by atoms with Gasteiger partial charge in [-0.15, -0.1) is 0 Å². The summed E-state index contributed by atoms with van der Waals surface area (Å²) in [5.41, 5.74) is 1.28. The molecule has 0 aliphatic carbocycles. The minimum Gasteiger partial charge on any atom is -0.493 e. The second-order valence-corrected chi connectivity index (χ2v) is 4.36. The van der Waals surface area contributed by atoms with Gasteiger partial charge in [0.05, 0.1) is 6.61 Å². The molecular formula is C13H19O. The van der Waals surface area contributed by atoms with E-state index in [2.05, 4.69) is 39.8 Å². The fourth-order valence-electron chi connectivity index (χ4n) is 1.15. The molecule has 0 saturated carbocycles.